The molecule has 0 saturated carbocycles. The summed E-state index contributed by atoms with van der Waals surface area (Å²) in [7, 11) is 0. The van der Waals surface area contributed by atoms with Crippen molar-refractivity contribution >= 4 is 40.5 Å². The Labute approximate surface area is 131 Å². The highest BCUT2D eigenvalue weighted by atomic mass is 35.5. The second-order valence-corrected chi connectivity index (χ2v) is 5.51. The zero-order valence-corrected chi connectivity index (χ0v) is 12.5. The molecule has 0 unspecified atom stereocenters. The van der Waals surface area contributed by atoms with Crippen LogP contribution in [-0.4, -0.2) is 6.79 Å². The van der Waals surface area contributed by atoms with Crippen LogP contribution in [0.15, 0.2) is 30.3 Å². The fourth-order valence-corrected chi connectivity index (χ4v) is 2.52. The second-order valence-electron chi connectivity index (χ2n) is 4.29. The molecule has 1 aliphatic heterocycles. The van der Waals surface area contributed by atoms with Crippen LogP contribution in [0.1, 0.15) is 5.56 Å². The Balaban J connectivity index is 1.75. The predicted molar refractivity (Wildman–Crippen MR) is 81.4 cm³/mol. The SMILES string of the molecule is Clc1cc(Cl)c(NCc2ccc3c(c2)OCO3)cc1Cl. The number of fused-ring (bicyclic) bond motifs is 1. The van der Waals surface area contributed by atoms with Crippen molar-refractivity contribution in [2.45, 2.75) is 6.54 Å². The minimum atomic E-state index is 0.269. The van der Waals surface area contributed by atoms with Crippen LogP contribution in [0.3, 0.4) is 0 Å². The molecule has 0 spiro atoms. The molecular weight excluding hydrogens is 321 g/mol. The third-order valence-corrected chi connectivity index (χ3v) is 3.96. The number of rotatable bonds is 3. The highest BCUT2D eigenvalue weighted by Gasteiger charge is 2.13. The fourth-order valence-electron chi connectivity index (χ4n) is 1.91. The zero-order valence-electron chi connectivity index (χ0n) is 10.3. The third-order valence-electron chi connectivity index (χ3n) is 2.93. The summed E-state index contributed by atoms with van der Waals surface area (Å²) in [5.74, 6) is 1.52. The Bertz CT molecular complexity index is 661. The number of benzene rings is 2. The van der Waals surface area contributed by atoms with E-state index in [-0.39, 0.29) is 6.79 Å². The van der Waals surface area contributed by atoms with E-state index in [4.69, 9.17) is 44.3 Å². The van der Waals surface area contributed by atoms with Crippen molar-refractivity contribution in [1.29, 1.82) is 0 Å². The number of ether oxygens (including phenoxy) is 2. The number of hydrogen-bond acceptors (Lipinski definition) is 3. The van der Waals surface area contributed by atoms with Gasteiger partial charge in [0.1, 0.15) is 0 Å². The summed E-state index contributed by atoms with van der Waals surface area (Å²) in [5, 5.41) is 4.64. The van der Waals surface area contributed by atoms with Crippen molar-refractivity contribution < 1.29 is 9.47 Å². The van der Waals surface area contributed by atoms with Gasteiger partial charge in [-0.05, 0) is 29.8 Å². The van der Waals surface area contributed by atoms with Gasteiger partial charge in [-0.15, -0.1) is 0 Å². The molecule has 6 heteroatoms. The highest BCUT2D eigenvalue weighted by molar-refractivity contribution is 6.44. The lowest BCUT2D eigenvalue weighted by Crippen LogP contribution is -2.00. The van der Waals surface area contributed by atoms with Gasteiger partial charge < -0.3 is 14.8 Å². The summed E-state index contributed by atoms with van der Waals surface area (Å²) in [4.78, 5) is 0. The molecule has 0 radical (unpaired) electrons. The summed E-state index contributed by atoms with van der Waals surface area (Å²) in [6.45, 7) is 0.860. The Hall–Kier alpha value is -1.29. The van der Waals surface area contributed by atoms with Gasteiger partial charge >= 0.3 is 0 Å². The summed E-state index contributed by atoms with van der Waals surface area (Å²) < 4.78 is 10.6. The van der Waals surface area contributed by atoms with Crippen LogP contribution < -0.4 is 14.8 Å². The molecule has 20 heavy (non-hydrogen) atoms. The largest absolute Gasteiger partial charge is 0.454 e. The Morgan fingerprint density at radius 2 is 1.65 bits per heavy atom. The summed E-state index contributed by atoms with van der Waals surface area (Å²) in [5.41, 5.74) is 1.79. The van der Waals surface area contributed by atoms with Gasteiger partial charge in [-0.2, -0.15) is 0 Å². The molecule has 1 heterocycles. The lowest BCUT2D eigenvalue weighted by molar-refractivity contribution is 0.174. The molecule has 1 N–H and O–H groups in total. The van der Waals surface area contributed by atoms with Crippen LogP contribution in [0.4, 0.5) is 5.69 Å². The van der Waals surface area contributed by atoms with Crippen molar-refractivity contribution in [1.82, 2.24) is 0 Å². The third kappa shape index (κ3) is 2.75. The molecule has 2 aromatic rings. The van der Waals surface area contributed by atoms with Gasteiger partial charge in [-0.25, -0.2) is 0 Å². The molecule has 3 nitrogen and oxygen atoms in total. The van der Waals surface area contributed by atoms with E-state index in [0.29, 0.717) is 21.6 Å². The van der Waals surface area contributed by atoms with Crippen molar-refractivity contribution in [3.8, 4) is 11.5 Å². The second kappa shape index (κ2) is 5.60. The van der Waals surface area contributed by atoms with Gasteiger partial charge in [0.25, 0.3) is 0 Å². The normalized spacial score (nSPS) is 12.6. The molecule has 0 amide bonds. The van der Waals surface area contributed by atoms with Gasteiger partial charge in [0, 0.05) is 6.54 Å². The summed E-state index contributed by atoms with van der Waals surface area (Å²) in [6.07, 6.45) is 0. The molecule has 2 aromatic carbocycles. The Morgan fingerprint density at radius 3 is 2.50 bits per heavy atom. The standard InChI is InChI=1S/C14H10Cl3NO2/c15-9-4-11(17)12(5-10(9)16)18-6-8-1-2-13-14(3-8)20-7-19-13/h1-5,18H,6-7H2. The predicted octanol–water partition coefficient (Wildman–Crippen LogP) is 4.99. The first-order chi connectivity index (χ1) is 9.63. The quantitative estimate of drug-likeness (QED) is 0.804. The van der Waals surface area contributed by atoms with Gasteiger partial charge in [0.05, 0.1) is 20.8 Å². The first-order valence-electron chi connectivity index (χ1n) is 5.90. The Morgan fingerprint density at radius 1 is 0.900 bits per heavy atom. The van der Waals surface area contributed by atoms with Gasteiger partial charge in [-0.3, -0.25) is 0 Å². The highest BCUT2D eigenvalue weighted by Crippen LogP contribution is 2.34. The van der Waals surface area contributed by atoms with E-state index in [1.807, 2.05) is 18.2 Å². The van der Waals surface area contributed by atoms with E-state index >= 15 is 0 Å². The molecule has 0 saturated heterocycles. The molecule has 0 aliphatic carbocycles. The first kappa shape index (κ1) is 13.7. The van der Waals surface area contributed by atoms with E-state index in [1.54, 1.807) is 12.1 Å². The minimum absolute atomic E-state index is 0.269. The van der Waals surface area contributed by atoms with Gasteiger partial charge in [0.15, 0.2) is 11.5 Å². The van der Waals surface area contributed by atoms with Crippen LogP contribution in [0.2, 0.25) is 15.1 Å². The maximum atomic E-state index is 6.11. The molecule has 0 fully saturated rings. The molecule has 0 bridgehead atoms. The maximum absolute atomic E-state index is 6.11. The number of halogens is 3. The van der Waals surface area contributed by atoms with Crippen LogP contribution in [0.5, 0.6) is 11.5 Å². The average molecular weight is 331 g/mol. The summed E-state index contributed by atoms with van der Waals surface area (Å²) >= 11 is 18.0. The molecule has 1 aliphatic rings. The van der Waals surface area contributed by atoms with Crippen molar-refractivity contribution in [3.05, 3.63) is 51.0 Å². The number of anilines is 1. The average Bonchev–Trinajstić information content (AvgIpc) is 2.89. The van der Waals surface area contributed by atoms with Crippen LogP contribution >= 0.6 is 34.8 Å². The van der Waals surface area contributed by atoms with Crippen LogP contribution in [-0.2, 0) is 6.54 Å². The van der Waals surface area contributed by atoms with Crippen LogP contribution in [0.25, 0.3) is 0 Å². The van der Waals surface area contributed by atoms with Crippen molar-refractivity contribution in [2.24, 2.45) is 0 Å². The zero-order chi connectivity index (χ0) is 14.1. The van der Waals surface area contributed by atoms with E-state index in [2.05, 4.69) is 5.32 Å². The fraction of sp³-hybridized carbons (Fsp3) is 0.143. The molecular formula is C14H10Cl3NO2. The van der Waals surface area contributed by atoms with E-state index < -0.39 is 0 Å². The van der Waals surface area contributed by atoms with Crippen LogP contribution in [0, 0.1) is 0 Å². The topological polar surface area (TPSA) is 30.5 Å². The van der Waals surface area contributed by atoms with E-state index in [0.717, 1.165) is 22.7 Å². The molecule has 3 rings (SSSR count). The lowest BCUT2D eigenvalue weighted by Gasteiger charge is -2.10. The molecule has 0 atom stereocenters. The smallest absolute Gasteiger partial charge is 0.231 e. The Kier molecular flexibility index (Phi) is 3.83. The monoisotopic (exact) mass is 329 g/mol. The number of hydrogen-bond donors (Lipinski definition) is 1. The first-order valence-corrected chi connectivity index (χ1v) is 7.04. The maximum Gasteiger partial charge on any atom is 0.231 e. The van der Waals surface area contributed by atoms with Gasteiger partial charge in [-0.1, -0.05) is 40.9 Å². The lowest BCUT2D eigenvalue weighted by atomic mass is 10.2. The molecule has 104 valence electrons. The van der Waals surface area contributed by atoms with Gasteiger partial charge in [0.2, 0.25) is 6.79 Å². The van der Waals surface area contributed by atoms with Crippen molar-refractivity contribution in [3.63, 3.8) is 0 Å². The molecule has 0 aromatic heterocycles. The number of nitrogens with one attached hydrogen (secondary N) is 1. The minimum Gasteiger partial charge on any atom is -0.454 e. The summed E-state index contributed by atoms with van der Waals surface area (Å²) in [6, 6.07) is 9.11. The van der Waals surface area contributed by atoms with E-state index in [9.17, 15) is 0 Å². The van der Waals surface area contributed by atoms with E-state index in [1.165, 1.54) is 0 Å². The van der Waals surface area contributed by atoms with Crippen molar-refractivity contribution in [2.75, 3.05) is 12.1 Å².